The molecule has 2 aromatic carbocycles. The van der Waals surface area contributed by atoms with Crippen molar-refractivity contribution in [3.63, 3.8) is 0 Å². The van der Waals surface area contributed by atoms with Crippen LogP contribution in [0.2, 0.25) is 0 Å². The Morgan fingerprint density at radius 3 is 2.68 bits per heavy atom. The number of aromatic nitrogens is 2. The zero-order valence-electron chi connectivity index (χ0n) is 19.0. The van der Waals surface area contributed by atoms with Crippen molar-refractivity contribution in [1.29, 1.82) is 0 Å². The van der Waals surface area contributed by atoms with Crippen molar-refractivity contribution in [3.8, 4) is 5.75 Å². The average Bonchev–Trinajstić information content (AvgIpc) is 3.18. The fraction of sp³-hybridized carbons (Fsp3) is 0.200. The van der Waals surface area contributed by atoms with Crippen molar-refractivity contribution < 1.29 is 23.6 Å². The zero-order chi connectivity index (χ0) is 24.2. The summed E-state index contributed by atoms with van der Waals surface area (Å²) in [6.07, 6.45) is 0. The molecule has 0 saturated carbocycles. The first-order valence-corrected chi connectivity index (χ1v) is 10.6. The van der Waals surface area contributed by atoms with Crippen LogP contribution >= 0.6 is 0 Å². The number of hydrogen-bond donors (Lipinski definition) is 1. The summed E-state index contributed by atoms with van der Waals surface area (Å²) in [6.45, 7) is 5.09. The highest BCUT2D eigenvalue weighted by Crippen LogP contribution is 2.19. The van der Waals surface area contributed by atoms with Gasteiger partial charge in [0.1, 0.15) is 18.1 Å². The molecular formula is C25H23N3O6. The van der Waals surface area contributed by atoms with E-state index in [1.807, 2.05) is 32.0 Å². The Morgan fingerprint density at radius 1 is 1.06 bits per heavy atom. The van der Waals surface area contributed by atoms with E-state index in [4.69, 9.17) is 14.0 Å². The van der Waals surface area contributed by atoms with Crippen LogP contribution in [-0.4, -0.2) is 28.0 Å². The van der Waals surface area contributed by atoms with E-state index >= 15 is 0 Å². The van der Waals surface area contributed by atoms with Gasteiger partial charge in [-0.15, -0.1) is 4.57 Å². The molecule has 4 aromatic rings. The molecule has 9 nitrogen and oxygen atoms in total. The number of aryl methyl sites for hydroxylation is 3. The van der Waals surface area contributed by atoms with Gasteiger partial charge in [0.05, 0.1) is 11.3 Å². The molecule has 9 heteroatoms. The molecule has 1 amide bonds. The van der Waals surface area contributed by atoms with Crippen molar-refractivity contribution in [2.45, 2.75) is 27.4 Å². The van der Waals surface area contributed by atoms with Gasteiger partial charge in [0.15, 0.2) is 12.3 Å². The Morgan fingerprint density at radius 2 is 1.88 bits per heavy atom. The number of rotatable bonds is 7. The number of ether oxygens (including phenoxy) is 2. The highest BCUT2D eigenvalue weighted by atomic mass is 16.5. The van der Waals surface area contributed by atoms with Gasteiger partial charge in [0.25, 0.3) is 11.5 Å². The number of amides is 1. The number of fused-ring (bicyclic) bond motifs is 1. The first-order chi connectivity index (χ1) is 16.3. The molecule has 0 spiro atoms. The predicted molar refractivity (Wildman–Crippen MR) is 124 cm³/mol. The van der Waals surface area contributed by atoms with E-state index in [1.54, 1.807) is 31.2 Å². The molecule has 0 saturated heterocycles. The fourth-order valence-electron chi connectivity index (χ4n) is 3.29. The number of carbonyl (C=O) groups excluding carboxylic acids is 2. The van der Waals surface area contributed by atoms with E-state index in [9.17, 15) is 14.4 Å². The largest absolute Gasteiger partial charge is 0.484 e. The highest BCUT2D eigenvalue weighted by Gasteiger charge is 2.14. The third kappa shape index (κ3) is 5.32. The molecule has 1 N–H and O–H groups in total. The second-order valence-electron chi connectivity index (χ2n) is 7.84. The second kappa shape index (κ2) is 9.62. The summed E-state index contributed by atoms with van der Waals surface area (Å²) in [5, 5.41) is 2.76. The molecule has 0 radical (unpaired) electrons. The minimum Gasteiger partial charge on any atom is -0.484 e. The van der Waals surface area contributed by atoms with Crippen molar-refractivity contribution in [1.82, 2.24) is 9.56 Å². The maximum Gasteiger partial charge on any atom is 0.338 e. The van der Waals surface area contributed by atoms with Gasteiger partial charge < -0.3 is 19.3 Å². The summed E-state index contributed by atoms with van der Waals surface area (Å²) >= 11 is 0. The van der Waals surface area contributed by atoms with Crippen molar-refractivity contribution in [2.24, 2.45) is 0 Å². The topological polar surface area (TPSA) is 112 Å². The van der Waals surface area contributed by atoms with Gasteiger partial charge in [-0.1, -0.05) is 18.2 Å². The first kappa shape index (κ1) is 22.8. The molecule has 0 aliphatic heterocycles. The minimum atomic E-state index is -0.614. The lowest BCUT2D eigenvalue weighted by Gasteiger charge is -2.12. The Balaban J connectivity index is 1.39. The second-order valence-corrected chi connectivity index (χ2v) is 7.84. The summed E-state index contributed by atoms with van der Waals surface area (Å²) in [5.74, 6) is 0.166. The van der Waals surface area contributed by atoms with E-state index < -0.39 is 11.5 Å². The molecule has 174 valence electrons. The predicted octanol–water partition coefficient (Wildman–Crippen LogP) is 3.59. The first-order valence-electron chi connectivity index (χ1n) is 10.6. The Hall–Kier alpha value is -4.40. The van der Waals surface area contributed by atoms with Crippen LogP contribution in [0.5, 0.6) is 5.75 Å². The number of anilines is 1. The SMILES string of the molecule is Cc1cccc(OCC(=O)Nc2cc(C(=O)OCc3cc(=O)n4oc(C)cc4n3)ccc2C)c1. The van der Waals surface area contributed by atoms with Crippen LogP contribution in [0.1, 0.15) is 32.9 Å². The van der Waals surface area contributed by atoms with Crippen LogP contribution in [0.25, 0.3) is 5.65 Å². The molecule has 2 aromatic heterocycles. The fourth-order valence-corrected chi connectivity index (χ4v) is 3.29. The smallest absolute Gasteiger partial charge is 0.338 e. The van der Waals surface area contributed by atoms with Gasteiger partial charge in [-0.05, 0) is 56.2 Å². The molecule has 0 unspecified atom stereocenters. The normalized spacial score (nSPS) is 10.8. The molecule has 0 fully saturated rings. The Bertz CT molecular complexity index is 1440. The minimum absolute atomic E-state index is 0.172. The lowest BCUT2D eigenvalue weighted by Crippen LogP contribution is -2.21. The highest BCUT2D eigenvalue weighted by molar-refractivity contribution is 5.96. The standard InChI is InChI=1S/C25H23N3O6/c1-15-5-4-6-20(9-15)32-14-23(29)27-21-11-18(8-7-16(21)2)25(31)33-13-19-12-24(30)28-22(26-19)10-17(3)34-28/h4-12H,13-14H2,1-3H3,(H,27,29). The van der Waals surface area contributed by atoms with E-state index in [1.165, 1.54) is 12.1 Å². The molecule has 4 rings (SSSR count). The molecule has 0 atom stereocenters. The molecule has 2 heterocycles. The molecule has 0 aliphatic carbocycles. The van der Waals surface area contributed by atoms with Crippen LogP contribution in [-0.2, 0) is 16.1 Å². The number of nitrogens with one attached hydrogen (secondary N) is 1. The maximum absolute atomic E-state index is 12.6. The van der Waals surface area contributed by atoms with Crippen LogP contribution in [0, 0.1) is 20.8 Å². The number of nitrogens with zero attached hydrogens (tertiary/aromatic N) is 2. The summed E-state index contributed by atoms with van der Waals surface area (Å²) < 4.78 is 17.2. The van der Waals surface area contributed by atoms with E-state index in [0.717, 1.165) is 15.7 Å². The van der Waals surface area contributed by atoms with Crippen LogP contribution in [0.3, 0.4) is 0 Å². The number of benzene rings is 2. The van der Waals surface area contributed by atoms with Crippen LogP contribution < -0.4 is 15.6 Å². The lowest BCUT2D eigenvalue weighted by atomic mass is 10.1. The van der Waals surface area contributed by atoms with Gasteiger partial charge in [-0.25, -0.2) is 9.78 Å². The maximum atomic E-state index is 12.6. The van der Waals surface area contributed by atoms with Gasteiger partial charge in [0.2, 0.25) is 0 Å². The van der Waals surface area contributed by atoms with Gasteiger partial charge in [-0.3, -0.25) is 9.59 Å². The number of esters is 1. The van der Waals surface area contributed by atoms with E-state index in [2.05, 4.69) is 10.3 Å². The summed E-state index contributed by atoms with van der Waals surface area (Å²) in [7, 11) is 0. The molecule has 34 heavy (non-hydrogen) atoms. The Labute approximate surface area is 194 Å². The summed E-state index contributed by atoms with van der Waals surface area (Å²) in [5.41, 5.74) is 2.75. The number of carbonyl (C=O) groups is 2. The van der Waals surface area contributed by atoms with Crippen LogP contribution in [0.4, 0.5) is 5.69 Å². The molecular weight excluding hydrogens is 438 g/mol. The molecule has 0 aliphatic rings. The van der Waals surface area contributed by atoms with Crippen molar-refractivity contribution >= 4 is 23.2 Å². The Kier molecular flexibility index (Phi) is 6.44. The zero-order valence-corrected chi connectivity index (χ0v) is 19.0. The van der Waals surface area contributed by atoms with E-state index in [0.29, 0.717) is 28.5 Å². The summed E-state index contributed by atoms with van der Waals surface area (Å²) in [6, 6.07) is 15.1. The van der Waals surface area contributed by atoms with Crippen LogP contribution in [0.15, 0.2) is 63.9 Å². The third-order valence-corrected chi connectivity index (χ3v) is 4.98. The van der Waals surface area contributed by atoms with Gasteiger partial charge in [0, 0.05) is 17.8 Å². The van der Waals surface area contributed by atoms with Crippen molar-refractivity contribution in [3.05, 3.63) is 93.1 Å². The average molecular weight is 461 g/mol. The van der Waals surface area contributed by atoms with Crippen molar-refractivity contribution in [2.75, 3.05) is 11.9 Å². The monoisotopic (exact) mass is 461 g/mol. The molecule has 0 bridgehead atoms. The van der Waals surface area contributed by atoms with E-state index in [-0.39, 0.29) is 24.7 Å². The van der Waals surface area contributed by atoms with Gasteiger partial charge >= 0.3 is 5.97 Å². The lowest BCUT2D eigenvalue weighted by molar-refractivity contribution is -0.118. The third-order valence-electron chi connectivity index (χ3n) is 4.98. The quantitative estimate of drug-likeness (QED) is 0.419. The number of hydrogen-bond acceptors (Lipinski definition) is 7. The summed E-state index contributed by atoms with van der Waals surface area (Å²) in [4.78, 5) is 41.3. The van der Waals surface area contributed by atoms with Gasteiger partial charge in [-0.2, -0.15) is 0 Å².